The molecule has 0 atom stereocenters. The van der Waals surface area contributed by atoms with E-state index in [0.29, 0.717) is 0 Å². The van der Waals surface area contributed by atoms with Gasteiger partial charge in [-0.25, -0.2) is 0 Å². The molecule has 0 aliphatic carbocycles. The maximum Gasteiger partial charge on any atom is 0.130 e. The van der Waals surface area contributed by atoms with E-state index in [1.54, 1.807) is 7.11 Å². The van der Waals surface area contributed by atoms with Crippen molar-refractivity contribution < 1.29 is 4.74 Å². The summed E-state index contributed by atoms with van der Waals surface area (Å²) in [5, 5.41) is 0. The molecule has 0 aromatic heterocycles. The van der Waals surface area contributed by atoms with Crippen LogP contribution in [0.25, 0.3) is 6.08 Å². The average molecular weight is 322 g/mol. The van der Waals surface area contributed by atoms with E-state index in [9.17, 15) is 0 Å². The lowest BCUT2D eigenvalue weighted by Crippen LogP contribution is -2.22. The minimum atomic E-state index is -0.135. The van der Waals surface area contributed by atoms with Crippen LogP contribution in [0.2, 0.25) is 0 Å². The van der Waals surface area contributed by atoms with E-state index in [1.165, 1.54) is 16.7 Å². The predicted molar refractivity (Wildman–Crippen MR) is 105 cm³/mol. The average Bonchev–Trinajstić information content (AvgIpc) is 2.54. The van der Waals surface area contributed by atoms with Crippen LogP contribution in [0, 0.1) is 0 Å². The van der Waals surface area contributed by atoms with Gasteiger partial charge in [-0.05, 0) is 29.5 Å². The van der Waals surface area contributed by atoms with Crippen molar-refractivity contribution >= 4 is 6.08 Å². The summed E-state index contributed by atoms with van der Waals surface area (Å²) in [5.74, 6) is 0.968. The molecule has 1 nitrogen and oxygen atoms in total. The van der Waals surface area contributed by atoms with Crippen LogP contribution in [0.15, 0.2) is 48.5 Å². The number of hydrogen-bond acceptors (Lipinski definition) is 1. The summed E-state index contributed by atoms with van der Waals surface area (Å²) in [6.07, 6.45) is 4.21. The highest BCUT2D eigenvalue weighted by Crippen LogP contribution is 2.42. The largest absolute Gasteiger partial charge is 0.496 e. The van der Waals surface area contributed by atoms with Crippen LogP contribution in [-0.2, 0) is 10.8 Å². The van der Waals surface area contributed by atoms with Gasteiger partial charge >= 0.3 is 0 Å². The monoisotopic (exact) mass is 322 g/mol. The van der Waals surface area contributed by atoms with E-state index in [0.717, 1.165) is 11.3 Å². The quantitative estimate of drug-likeness (QED) is 0.637. The third kappa shape index (κ3) is 3.56. The zero-order valence-electron chi connectivity index (χ0n) is 16.1. The zero-order valence-corrected chi connectivity index (χ0v) is 16.1. The Morgan fingerprint density at radius 3 is 2.00 bits per heavy atom. The molecule has 0 saturated heterocycles. The van der Waals surface area contributed by atoms with Crippen LogP contribution >= 0.6 is 0 Å². The van der Waals surface area contributed by atoms with E-state index in [-0.39, 0.29) is 10.8 Å². The topological polar surface area (TPSA) is 9.23 Å². The molecule has 0 bridgehead atoms. The zero-order chi connectivity index (χ0) is 18.0. The third-order valence-electron chi connectivity index (χ3n) is 4.70. The van der Waals surface area contributed by atoms with E-state index >= 15 is 0 Å². The first kappa shape index (κ1) is 18.3. The van der Waals surface area contributed by atoms with Crippen LogP contribution in [-0.4, -0.2) is 7.11 Å². The van der Waals surface area contributed by atoms with E-state index in [4.69, 9.17) is 4.74 Å². The lowest BCUT2D eigenvalue weighted by Gasteiger charge is -2.31. The molecule has 0 radical (unpaired) electrons. The molecule has 0 aliphatic heterocycles. The number of hydrogen-bond donors (Lipinski definition) is 0. The second-order valence-electron chi connectivity index (χ2n) is 7.89. The standard InChI is InChI=1S/C23H30O/c1-8-12-17-15-19(22(2,3)4)16-20(21(17)24-7)23(5,6)18-13-10-9-11-14-18/h8-16H,1-7H3. The van der Waals surface area contributed by atoms with Crippen molar-refractivity contribution in [3.05, 3.63) is 70.8 Å². The fraction of sp³-hybridized carbons (Fsp3) is 0.391. The summed E-state index contributed by atoms with van der Waals surface area (Å²) in [5.41, 5.74) is 4.95. The molecule has 24 heavy (non-hydrogen) atoms. The molecule has 2 aromatic carbocycles. The Labute approximate surface area is 147 Å². The maximum absolute atomic E-state index is 5.85. The number of methoxy groups -OCH3 is 1. The highest BCUT2D eigenvalue weighted by molar-refractivity contribution is 5.64. The molecule has 0 saturated carbocycles. The van der Waals surface area contributed by atoms with E-state index < -0.39 is 0 Å². The second-order valence-corrected chi connectivity index (χ2v) is 7.89. The summed E-state index contributed by atoms with van der Waals surface area (Å²) < 4.78 is 5.85. The van der Waals surface area contributed by atoms with Crippen molar-refractivity contribution in [3.63, 3.8) is 0 Å². The Hall–Kier alpha value is -2.02. The first-order valence-corrected chi connectivity index (χ1v) is 8.63. The van der Waals surface area contributed by atoms with Gasteiger partial charge in [0.1, 0.15) is 5.75 Å². The van der Waals surface area contributed by atoms with Crippen molar-refractivity contribution in [2.45, 2.75) is 52.4 Å². The Kier molecular flexibility index (Phi) is 5.22. The normalized spacial score (nSPS) is 12.6. The SMILES string of the molecule is CC=Cc1cc(C(C)(C)C)cc(C(C)(C)c2ccccc2)c1OC. The molecule has 0 amide bonds. The van der Waals surface area contributed by atoms with Crippen molar-refractivity contribution in [1.29, 1.82) is 0 Å². The van der Waals surface area contributed by atoms with Gasteiger partial charge in [-0.1, -0.05) is 83.2 Å². The number of rotatable bonds is 4. The summed E-state index contributed by atoms with van der Waals surface area (Å²) in [6, 6.07) is 15.2. The van der Waals surface area contributed by atoms with Gasteiger partial charge in [0.05, 0.1) is 7.11 Å². The fourth-order valence-corrected chi connectivity index (χ4v) is 3.09. The van der Waals surface area contributed by atoms with Crippen LogP contribution < -0.4 is 4.74 Å². The summed E-state index contributed by atoms with van der Waals surface area (Å²) in [6.45, 7) is 13.4. The van der Waals surface area contributed by atoms with E-state index in [2.05, 4.69) is 89.2 Å². The van der Waals surface area contributed by atoms with Crippen molar-refractivity contribution in [3.8, 4) is 5.75 Å². The maximum atomic E-state index is 5.85. The molecule has 0 spiro atoms. The lowest BCUT2D eigenvalue weighted by molar-refractivity contribution is 0.399. The Morgan fingerprint density at radius 1 is 0.875 bits per heavy atom. The van der Waals surface area contributed by atoms with Gasteiger partial charge in [0.2, 0.25) is 0 Å². The molecule has 1 heteroatoms. The second kappa shape index (κ2) is 6.84. The van der Waals surface area contributed by atoms with Gasteiger partial charge < -0.3 is 4.74 Å². The van der Waals surface area contributed by atoms with Crippen molar-refractivity contribution in [1.82, 2.24) is 0 Å². The van der Waals surface area contributed by atoms with Gasteiger partial charge in [0.15, 0.2) is 0 Å². The first-order chi connectivity index (χ1) is 11.2. The Morgan fingerprint density at radius 2 is 1.50 bits per heavy atom. The molecular weight excluding hydrogens is 292 g/mol. The molecule has 0 fully saturated rings. The lowest BCUT2D eigenvalue weighted by atomic mass is 9.74. The third-order valence-corrected chi connectivity index (χ3v) is 4.70. The Bertz CT molecular complexity index is 716. The number of benzene rings is 2. The minimum absolute atomic E-state index is 0.0874. The van der Waals surface area contributed by atoms with Crippen molar-refractivity contribution in [2.75, 3.05) is 7.11 Å². The molecule has 2 aromatic rings. The summed E-state index contributed by atoms with van der Waals surface area (Å²) >= 11 is 0. The molecule has 0 heterocycles. The predicted octanol–water partition coefficient (Wildman–Crippen LogP) is 6.35. The van der Waals surface area contributed by atoms with Gasteiger partial charge in [0, 0.05) is 16.5 Å². The van der Waals surface area contributed by atoms with Crippen LogP contribution in [0.4, 0.5) is 0 Å². The molecular formula is C23H30O. The first-order valence-electron chi connectivity index (χ1n) is 8.63. The highest BCUT2D eigenvalue weighted by Gasteiger charge is 2.29. The minimum Gasteiger partial charge on any atom is -0.496 e. The van der Waals surface area contributed by atoms with Gasteiger partial charge in [0.25, 0.3) is 0 Å². The van der Waals surface area contributed by atoms with Crippen LogP contribution in [0.5, 0.6) is 5.75 Å². The van der Waals surface area contributed by atoms with Crippen LogP contribution in [0.1, 0.15) is 63.8 Å². The molecule has 128 valence electrons. The highest BCUT2D eigenvalue weighted by atomic mass is 16.5. The molecule has 0 unspecified atom stereocenters. The Balaban J connectivity index is 2.78. The number of ether oxygens (including phenoxy) is 1. The molecule has 0 N–H and O–H groups in total. The van der Waals surface area contributed by atoms with Crippen LogP contribution in [0.3, 0.4) is 0 Å². The van der Waals surface area contributed by atoms with Gasteiger partial charge in [-0.15, -0.1) is 0 Å². The fourth-order valence-electron chi connectivity index (χ4n) is 3.09. The summed E-state index contributed by atoms with van der Waals surface area (Å²) in [7, 11) is 1.77. The molecule has 2 rings (SSSR count). The van der Waals surface area contributed by atoms with E-state index in [1.807, 2.05) is 6.92 Å². The smallest absolute Gasteiger partial charge is 0.130 e. The van der Waals surface area contributed by atoms with Crippen molar-refractivity contribution in [2.24, 2.45) is 0 Å². The van der Waals surface area contributed by atoms with Gasteiger partial charge in [-0.3, -0.25) is 0 Å². The van der Waals surface area contributed by atoms with Gasteiger partial charge in [-0.2, -0.15) is 0 Å². The number of allylic oxidation sites excluding steroid dienone is 1. The summed E-state index contributed by atoms with van der Waals surface area (Å²) in [4.78, 5) is 0. The molecule has 0 aliphatic rings.